The quantitative estimate of drug-likeness (QED) is 0.368. The van der Waals surface area contributed by atoms with Gasteiger partial charge in [0, 0.05) is 0 Å². The zero-order chi connectivity index (χ0) is 13.5. The van der Waals surface area contributed by atoms with Crippen molar-refractivity contribution >= 4 is 46.7 Å². The predicted molar refractivity (Wildman–Crippen MR) is 68.1 cm³/mol. The number of esters is 1. The molecule has 0 saturated carbocycles. The molecule has 0 spiro atoms. The summed E-state index contributed by atoms with van der Waals surface area (Å²) in [7, 11) is 0. The maximum Gasteiger partial charge on any atom is 0.354 e. The van der Waals surface area contributed by atoms with Gasteiger partial charge in [0.25, 0.3) is 9.70 Å². The number of rotatable bonds is 5. The van der Waals surface area contributed by atoms with E-state index in [9.17, 15) is 9.59 Å². The van der Waals surface area contributed by atoms with Crippen LogP contribution in [-0.2, 0) is 14.3 Å². The van der Waals surface area contributed by atoms with E-state index in [1.807, 2.05) is 6.92 Å². The number of halogens is 3. The minimum absolute atomic E-state index is 0.0440. The number of alkyl halides is 3. The number of hydrogen-bond acceptors (Lipinski definition) is 3. The molecule has 0 bridgehead atoms. The Morgan fingerprint density at radius 1 is 1.35 bits per heavy atom. The van der Waals surface area contributed by atoms with Gasteiger partial charge >= 0.3 is 5.97 Å². The predicted octanol–water partition coefficient (Wildman–Crippen LogP) is 2.72. The van der Waals surface area contributed by atoms with Gasteiger partial charge in [-0.2, -0.15) is 0 Å². The van der Waals surface area contributed by atoms with Crippen LogP contribution < -0.4 is 5.32 Å². The van der Waals surface area contributed by atoms with Crippen LogP contribution in [-0.4, -0.2) is 22.3 Å². The highest BCUT2D eigenvalue weighted by Gasteiger charge is 2.32. The molecule has 0 radical (unpaired) electrons. The smallest absolute Gasteiger partial charge is 0.354 e. The average Bonchev–Trinajstić information content (AvgIpc) is 2.24. The van der Waals surface area contributed by atoms with Crippen molar-refractivity contribution in [2.45, 2.75) is 30.5 Å². The molecule has 0 rings (SSSR count). The number of ether oxygens (including phenoxy) is 1. The second-order valence-electron chi connectivity index (χ2n) is 3.14. The summed E-state index contributed by atoms with van der Waals surface area (Å²) in [6.07, 6.45) is 3.03. The molecule has 0 aliphatic heterocycles. The fraction of sp³-hybridized carbons (Fsp3) is 0.600. The number of carbonyl (C=O) groups excluding carboxylic acids is 2. The van der Waals surface area contributed by atoms with Gasteiger partial charge in [0.05, 0.1) is 6.61 Å². The first kappa shape index (κ1) is 16.6. The Balaban J connectivity index is 4.35. The minimum atomic E-state index is -2.11. The minimum Gasteiger partial charge on any atom is -0.461 e. The lowest BCUT2D eigenvalue weighted by atomic mass is 10.3. The van der Waals surface area contributed by atoms with Crippen LogP contribution in [0.4, 0.5) is 0 Å². The van der Waals surface area contributed by atoms with Gasteiger partial charge in [0.15, 0.2) is 0 Å². The molecule has 98 valence electrons. The van der Waals surface area contributed by atoms with E-state index < -0.39 is 15.7 Å². The number of hydrogen-bond donors (Lipinski definition) is 1. The lowest BCUT2D eigenvalue weighted by Gasteiger charge is -2.13. The summed E-state index contributed by atoms with van der Waals surface area (Å²) in [5.41, 5.74) is -0.0440. The van der Waals surface area contributed by atoms with E-state index in [4.69, 9.17) is 39.5 Å². The van der Waals surface area contributed by atoms with Crippen molar-refractivity contribution in [2.75, 3.05) is 6.61 Å². The summed E-state index contributed by atoms with van der Waals surface area (Å²) < 4.78 is 2.78. The SMILES string of the molecule is CC=C(NC(=O)C(Cl)(Cl)Cl)C(=O)OCCCC. The second kappa shape index (κ2) is 7.80. The standard InChI is InChI=1S/C10H14Cl3NO3/c1-3-5-6-17-8(15)7(4-2)14-9(16)10(11,12)13/h4H,3,5-6H2,1-2H3,(H,14,16). The molecule has 0 aromatic carbocycles. The van der Waals surface area contributed by atoms with Gasteiger partial charge in [0.2, 0.25) is 0 Å². The van der Waals surface area contributed by atoms with E-state index in [1.165, 1.54) is 6.08 Å². The molecule has 0 unspecified atom stereocenters. The van der Waals surface area contributed by atoms with Crippen LogP contribution in [0, 0.1) is 0 Å². The van der Waals surface area contributed by atoms with E-state index in [0.29, 0.717) is 0 Å². The molecule has 1 N–H and O–H groups in total. The molecule has 1 amide bonds. The zero-order valence-electron chi connectivity index (χ0n) is 9.56. The monoisotopic (exact) mass is 301 g/mol. The van der Waals surface area contributed by atoms with Crippen LogP contribution >= 0.6 is 34.8 Å². The first-order chi connectivity index (χ1) is 7.82. The largest absolute Gasteiger partial charge is 0.461 e. The van der Waals surface area contributed by atoms with Crippen molar-refractivity contribution in [3.63, 3.8) is 0 Å². The van der Waals surface area contributed by atoms with E-state index in [-0.39, 0.29) is 12.3 Å². The number of carbonyl (C=O) groups is 2. The Labute approximate surface area is 115 Å². The number of unbranched alkanes of at least 4 members (excludes halogenated alkanes) is 1. The number of allylic oxidation sites excluding steroid dienone is 1. The summed E-state index contributed by atoms with van der Waals surface area (Å²) in [6.45, 7) is 3.82. The molecule has 0 fully saturated rings. The Kier molecular flexibility index (Phi) is 7.59. The molecular formula is C10H14Cl3NO3. The normalized spacial score (nSPS) is 12.2. The molecule has 0 aromatic rings. The van der Waals surface area contributed by atoms with Crippen molar-refractivity contribution in [1.82, 2.24) is 5.32 Å². The highest BCUT2D eigenvalue weighted by Crippen LogP contribution is 2.26. The molecule has 0 aliphatic rings. The highest BCUT2D eigenvalue weighted by molar-refractivity contribution is 6.76. The lowest BCUT2D eigenvalue weighted by molar-refractivity contribution is -0.140. The summed E-state index contributed by atoms with van der Waals surface area (Å²) in [6, 6.07) is 0. The van der Waals surface area contributed by atoms with Crippen molar-refractivity contribution in [1.29, 1.82) is 0 Å². The lowest BCUT2D eigenvalue weighted by Crippen LogP contribution is -2.36. The van der Waals surface area contributed by atoms with Crippen LogP contribution in [0.1, 0.15) is 26.7 Å². The zero-order valence-corrected chi connectivity index (χ0v) is 11.8. The van der Waals surface area contributed by atoms with E-state index in [1.54, 1.807) is 6.92 Å². The third-order valence-electron chi connectivity index (χ3n) is 1.75. The van der Waals surface area contributed by atoms with Gasteiger partial charge in [-0.25, -0.2) is 4.79 Å². The van der Waals surface area contributed by atoms with E-state index in [2.05, 4.69) is 5.32 Å². The van der Waals surface area contributed by atoms with Gasteiger partial charge in [-0.3, -0.25) is 4.79 Å². The van der Waals surface area contributed by atoms with E-state index in [0.717, 1.165) is 12.8 Å². The Morgan fingerprint density at radius 3 is 2.35 bits per heavy atom. The van der Waals surface area contributed by atoms with Crippen molar-refractivity contribution in [3.8, 4) is 0 Å². The maximum absolute atomic E-state index is 11.5. The van der Waals surface area contributed by atoms with Crippen LogP contribution in [0.5, 0.6) is 0 Å². The Hall–Kier alpha value is -0.450. The van der Waals surface area contributed by atoms with Gasteiger partial charge in [-0.1, -0.05) is 54.2 Å². The van der Waals surface area contributed by atoms with Crippen LogP contribution in [0.15, 0.2) is 11.8 Å². The third kappa shape index (κ3) is 6.76. The highest BCUT2D eigenvalue weighted by atomic mass is 35.6. The average molecular weight is 303 g/mol. The molecule has 0 aromatic heterocycles. The molecule has 0 heterocycles. The third-order valence-corrected chi connectivity index (χ3v) is 2.26. The van der Waals surface area contributed by atoms with Crippen molar-refractivity contribution < 1.29 is 14.3 Å². The number of amides is 1. The summed E-state index contributed by atoms with van der Waals surface area (Å²) >= 11 is 16.1. The van der Waals surface area contributed by atoms with Crippen LogP contribution in [0.2, 0.25) is 0 Å². The summed E-state index contributed by atoms with van der Waals surface area (Å²) in [5.74, 6) is -1.55. The fourth-order valence-corrected chi connectivity index (χ4v) is 0.963. The van der Waals surface area contributed by atoms with E-state index >= 15 is 0 Å². The fourth-order valence-electron chi connectivity index (χ4n) is 0.821. The summed E-state index contributed by atoms with van der Waals surface area (Å²) in [5, 5.41) is 2.19. The molecule has 0 aliphatic carbocycles. The second-order valence-corrected chi connectivity index (χ2v) is 5.42. The summed E-state index contributed by atoms with van der Waals surface area (Å²) in [4.78, 5) is 22.8. The first-order valence-electron chi connectivity index (χ1n) is 5.04. The maximum atomic E-state index is 11.5. The van der Waals surface area contributed by atoms with Crippen molar-refractivity contribution in [2.24, 2.45) is 0 Å². The van der Waals surface area contributed by atoms with Gasteiger partial charge in [-0.05, 0) is 13.3 Å². The van der Waals surface area contributed by atoms with Gasteiger partial charge < -0.3 is 10.1 Å². The number of nitrogens with one attached hydrogen (secondary N) is 1. The Morgan fingerprint density at radius 2 is 1.94 bits per heavy atom. The molecular weight excluding hydrogens is 288 g/mol. The topological polar surface area (TPSA) is 55.4 Å². The van der Waals surface area contributed by atoms with Gasteiger partial charge in [0.1, 0.15) is 5.70 Å². The van der Waals surface area contributed by atoms with Gasteiger partial charge in [-0.15, -0.1) is 0 Å². The molecule has 0 atom stereocenters. The van der Waals surface area contributed by atoms with Crippen LogP contribution in [0.3, 0.4) is 0 Å². The molecule has 7 heteroatoms. The molecule has 0 saturated heterocycles. The van der Waals surface area contributed by atoms with Crippen LogP contribution in [0.25, 0.3) is 0 Å². The first-order valence-corrected chi connectivity index (χ1v) is 6.18. The Bertz CT molecular complexity index is 310. The molecule has 17 heavy (non-hydrogen) atoms. The molecule has 4 nitrogen and oxygen atoms in total. The van der Waals surface area contributed by atoms with Crippen molar-refractivity contribution in [3.05, 3.63) is 11.8 Å².